The highest BCUT2D eigenvalue weighted by Crippen LogP contribution is 2.46. The van der Waals surface area contributed by atoms with E-state index in [-0.39, 0.29) is 17.0 Å². The number of fused-ring (bicyclic) bond motifs is 2. The van der Waals surface area contributed by atoms with Gasteiger partial charge in [-0.1, -0.05) is 6.92 Å². The van der Waals surface area contributed by atoms with Crippen molar-refractivity contribution in [3.8, 4) is 16.2 Å². The summed E-state index contributed by atoms with van der Waals surface area (Å²) in [7, 11) is 2.95. The lowest BCUT2D eigenvalue weighted by Crippen LogP contribution is -2.20. The Morgan fingerprint density at radius 3 is 2.66 bits per heavy atom. The molecule has 29 heavy (non-hydrogen) atoms. The number of carbonyl (C=O) groups excluding carboxylic acids is 1. The molecule has 2 aliphatic rings. The van der Waals surface area contributed by atoms with Gasteiger partial charge in [-0.05, 0) is 55.4 Å². The third-order valence-corrected chi connectivity index (χ3v) is 7.19. The second-order valence-corrected chi connectivity index (χ2v) is 9.25. The predicted octanol–water partition coefficient (Wildman–Crippen LogP) is 4.59. The van der Waals surface area contributed by atoms with Gasteiger partial charge in [0.2, 0.25) is 5.43 Å². The van der Waals surface area contributed by atoms with Crippen LogP contribution in [0.15, 0.2) is 29.2 Å². The van der Waals surface area contributed by atoms with Crippen molar-refractivity contribution in [1.82, 2.24) is 4.57 Å². The van der Waals surface area contributed by atoms with Gasteiger partial charge in [-0.2, -0.15) is 0 Å². The molecule has 2 aliphatic carbocycles. The number of ether oxygens (including phenoxy) is 2. The van der Waals surface area contributed by atoms with Gasteiger partial charge in [0.05, 0.1) is 25.1 Å². The summed E-state index contributed by atoms with van der Waals surface area (Å²) in [5, 5.41) is 0.498. The Morgan fingerprint density at radius 2 is 2.00 bits per heavy atom. The van der Waals surface area contributed by atoms with Gasteiger partial charge in [0, 0.05) is 27.6 Å². The maximum absolute atomic E-state index is 13.0. The van der Waals surface area contributed by atoms with E-state index in [9.17, 15) is 9.59 Å². The van der Waals surface area contributed by atoms with Crippen molar-refractivity contribution in [3.63, 3.8) is 0 Å². The molecular weight excluding hydrogens is 386 g/mol. The molecule has 6 heteroatoms. The van der Waals surface area contributed by atoms with Crippen LogP contribution in [0.3, 0.4) is 0 Å². The molecule has 0 saturated heterocycles. The molecule has 0 spiro atoms. The van der Waals surface area contributed by atoms with E-state index >= 15 is 0 Å². The monoisotopic (exact) mass is 409 g/mol. The van der Waals surface area contributed by atoms with Crippen LogP contribution in [-0.2, 0) is 17.6 Å². The van der Waals surface area contributed by atoms with Crippen LogP contribution in [0, 0.1) is 5.92 Å². The average molecular weight is 410 g/mol. The van der Waals surface area contributed by atoms with Gasteiger partial charge in [-0.15, -0.1) is 11.3 Å². The van der Waals surface area contributed by atoms with Crippen LogP contribution in [-0.4, -0.2) is 24.8 Å². The number of methoxy groups -OCH3 is 2. The molecule has 5 nitrogen and oxygen atoms in total. The fraction of sp³-hybridized carbons (Fsp3) is 0.391. The first-order valence-electron chi connectivity index (χ1n) is 9.98. The first kappa shape index (κ1) is 18.4. The fourth-order valence-electron chi connectivity index (χ4n) is 4.42. The maximum Gasteiger partial charge on any atom is 0.343 e. The van der Waals surface area contributed by atoms with Gasteiger partial charge in [0.15, 0.2) is 5.75 Å². The summed E-state index contributed by atoms with van der Waals surface area (Å²) in [6, 6.07) is 6.33. The van der Waals surface area contributed by atoms with Crippen LogP contribution >= 0.6 is 11.3 Å². The van der Waals surface area contributed by atoms with Crippen molar-refractivity contribution in [3.05, 3.63) is 50.6 Å². The largest absolute Gasteiger partial charge is 0.494 e. The number of carbonyl (C=O) groups is 1. The van der Waals surface area contributed by atoms with E-state index in [1.807, 2.05) is 28.0 Å². The summed E-state index contributed by atoms with van der Waals surface area (Å²) in [5.74, 6) is 0.814. The second-order valence-electron chi connectivity index (χ2n) is 8.12. The molecule has 0 radical (unpaired) electrons. The third-order valence-electron chi connectivity index (χ3n) is 5.96. The lowest BCUT2D eigenvalue weighted by atomic mass is 10.0. The summed E-state index contributed by atoms with van der Waals surface area (Å²) in [6.45, 7) is 2.29. The highest BCUT2D eigenvalue weighted by atomic mass is 32.1. The molecule has 1 saturated carbocycles. The van der Waals surface area contributed by atoms with Crippen LogP contribution in [0.25, 0.3) is 21.3 Å². The molecule has 0 N–H and O–H groups in total. The van der Waals surface area contributed by atoms with Gasteiger partial charge in [-0.3, -0.25) is 4.79 Å². The van der Waals surface area contributed by atoms with E-state index < -0.39 is 5.97 Å². The van der Waals surface area contributed by atoms with E-state index in [0.29, 0.717) is 17.1 Å². The number of aromatic nitrogens is 1. The zero-order valence-corrected chi connectivity index (χ0v) is 17.6. The molecule has 1 fully saturated rings. The minimum Gasteiger partial charge on any atom is -0.494 e. The highest BCUT2D eigenvalue weighted by Gasteiger charge is 2.30. The molecule has 1 atom stereocenters. The molecule has 0 amide bonds. The van der Waals surface area contributed by atoms with Crippen molar-refractivity contribution >= 4 is 28.2 Å². The van der Waals surface area contributed by atoms with E-state index in [1.54, 1.807) is 13.3 Å². The Balaban J connectivity index is 1.76. The number of nitrogens with zero attached hydrogens (tertiary/aromatic N) is 1. The van der Waals surface area contributed by atoms with Crippen LogP contribution in [0.5, 0.6) is 5.75 Å². The van der Waals surface area contributed by atoms with Crippen LogP contribution < -0.4 is 10.2 Å². The Bertz CT molecular complexity index is 1180. The Hall–Kier alpha value is -2.60. The summed E-state index contributed by atoms with van der Waals surface area (Å²) in [5.41, 5.74) is 2.97. The highest BCUT2D eigenvalue weighted by molar-refractivity contribution is 7.15. The van der Waals surface area contributed by atoms with Gasteiger partial charge in [0.1, 0.15) is 5.56 Å². The van der Waals surface area contributed by atoms with Crippen molar-refractivity contribution in [2.75, 3.05) is 14.2 Å². The zero-order chi connectivity index (χ0) is 20.3. The quantitative estimate of drug-likeness (QED) is 0.591. The van der Waals surface area contributed by atoms with Crippen molar-refractivity contribution in [1.29, 1.82) is 0 Å². The SMILES string of the molecule is COC(=O)c1cn(C2CC2)c2c(OC)c(-c3cc4c(s3)CC(C)C4)ccc2c1=O. The van der Waals surface area contributed by atoms with Crippen LogP contribution in [0.4, 0.5) is 0 Å². The van der Waals surface area contributed by atoms with Gasteiger partial charge in [0.25, 0.3) is 0 Å². The number of benzene rings is 1. The van der Waals surface area contributed by atoms with Gasteiger partial charge >= 0.3 is 5.97 Å². The standard InChI is InChI=1S/C23H23NO4S/c1-12-8-13-10-19(29-18(13)9-12)15-6-7-16-20(22(15)27-2)24(14-4-5-14)11-17(21(16)25)23(26)28-3/h6-7,10-12,14H,4-5,8-9H2,1-3H3. The van der Waals surface area contributed by atoms with Crippen molar-refractivity contribution < 1.29 is 14.3 Å². The number of esters is 1. The second kappa shape index (κ2) is 6.73. The van der Waals surface area contributed by atoms with E-state index in [2.05, 4.69) is 13.0 Å². The van der Waals surface area contributed by atoms with Crippen molar-refractivity contribution in [2.45, 2.75) is 38.6 Å². The number of thiophene rings is 1. The number of pyridine rings is 1. The molecule has 3 aromatic rings. The molecule has 150 valence electrons. The first-order chi connectivity index (χ1) is 14.0. The number of rotatable bonds is 4. The molecule has 1 unspecified atom stereocenters. The van der Waals surface area contributed by atoms with Crippen LogP contribution in [0.2, 0.25) is 0 Å². The Morgan fingerprint density at radius 1 is 1.21 bits per heavy atom. The Labute approximate surface area is 172 Å². The topological polar surface area (TPSA) is 57.5 Å². The van der Waals surface area contributed by atoms with Crippen molar-refractivity contribution in [2.24, 2.45) is 5.92 Å². The average Bonchev–Trinajstić information content (AvgIpc) is 3.40. The lowest BCUT2D eigenvalue weighted by Gasteiger charge is -2.17. The lowest BCUT2D eigenvalue weighted by molar-refractivity contribution is 0.0598. The summed E-state index contributed by atoms with van der Waals surface area (Å²) in [6.07, 6.45) is 5.95. The fourth-order valence-corrected chi connectivity index (χ4v) is 5.80. The maximum atomic E-state index is 13.0. The summed E-state index contributed by atoms with van der Waals surface area (Å²) in [4.78, 5) is 27.8. The first-order valence-corrected chi connectivity index (χ1v) is 10.8. The summed E-state index contributed by atoms with van der Waals surface area (Å²) >= 11 is 1.82. The molecule has 2 heterocycles. The summed E-state index contributed by atoms with van der Waals surface area (Å²) < 4.78 is 12.7. The zero-order valence-electron chi connectivity index (χ0n) is 16.8. The number of hydrogen-bond acceptors (Lipinski definition) is 5. The predicted molar refractivity (Wildman–Crippen MR) is 114 cm³/mol. The van der Waals surface area contributed by atoms with E-state index in [4.69, 9.17) is 9.47 Å². The minimum atomic E-state index is -0.599. The van der Waals surface area contributed by atoms with Gasteiger partial charge in [-0.25, -0.2) is 4.79 Å². The van der Waals surface area contributed by atoms with E-state index in [0.717, 1.165) is 36.8 Å². The van der Waals surface area contributed by atoms with Gasteiger partial charge < -0.3 is 14.0 Å². The molecule has 0 bridgehead atoms. The molecular formula is C23H23NO4S. The molecule has 0 aliphatic heterocycles. The van der Waals surface area contributed by atoms with E-state index in [1.165, 1.54) is 22.4 Å². The molecule has 2 aromatic heterocycles. The third kappa shape index (κ3) is 2.89. The molecule has 5 rings (SSSR count). The number of hydrogen-bond donors (Lipinski definition) is 0. The minimum absolute atomic E-state index is 0.0748. The molecule has 1 aromatic carbocycles. The van der Waals surface area contributed by atoms with Crippen LogP contribution in [0.1, 0.15) is 46.6 Å². The Kier molecular flexibility index (Phi) is 4.28. The normalized spacial score (nSPS) is 18.1. The smallest absolute Gasteiger partial charge is 0.343 e.